The smallest absolute Gasteiger partial charge is 0.228 e. The van der Waals surface area contributed by atoms with Gasteiger partial charge in [-0.15, -0.1) is 0 Å². The summed E-state index contributed by atoms with van der Waals surface area (Å²) in [6.45, 7) is 4.14. The third-order valence-corrected chi connectivity index (χ3v) is 4.24. The van der Waals surface area contributed by atoms with Crippen LogP contribution in [0.3, 0.4) is 0 Å². The lowest BCUT2D eigenvalue weighted by molar-refractivity contribution is -0.119. The molecule has 1 N–H and O–H groups in total. The van der Waals surface area contributed by atoms with E-state index in [0.29, 0.717) is 0 Å². The molecule has 1 aliphatic rings. The monoisotopic (exact) mass is 235 g/mol. The maximum absolute atomic E-state index is 11.9. The zero-order valence-corrected chi connectivity index (χ0v) is 10.6. The molecule has 0 aliphatic carbocycles. The zero-order valence-electron chi connectivity index (χ0n) is 9.75. The van der Waals surface area contributed by atoms with E-state index in [1.165, 1.54) is 11.1 Å². The Hall–Kier alpha value is -0.960. The average Bonchev–Trinajstić information content (AvgIpc) is 2.77. The summed E-state index contributed by atoms with van der Waals surface area (Å²) in [5.41, 5.74) is 3.40. The van der Waals surface area contributed by atoms with Crippen molar-refractivity contribution in [3.05, 3.63) is 29.3 Å². The summed E-state index contributed by atoms with van der Waals surface area (Å²) in [6, 6.07) is 6.06. The highest BCUT2D eigenvalue weighted by Crippen LogP contribution is 2.25. The lowest BCUT2D eigenvalue weighted by atomic mass is 10.1. The molecule has 0 radical (unpaired) electrons. The second-order valence-electron chi connectivity index (χ2n) is 4.35. The van der Waals surface area contributed by atoms with Crippen LogP contribution >= 0.6 is 11.8 Å². The Kier molecular flexibility index (Phi) is 3.54. The van der Waals surface area contributed by atoms with Crippen LogP contribution in [0.5, 0.6) is 0 Å². The van der Waals surface area contributed by atoms with E-state index in [2.05, 4.69) is 19.2 Å². The highest BCUT2D eigenvalue weighted by Gasteiger charge is 2.23. The summed E-state index contributed by atoms with van der Waals surface area (Å²) >= 11 is 1.87. The molecule has 2 nitrogen and oxygen atoms in total. The molecule has 0 spiro atoms. The van der Waals surface area contributed by atoms with Crippen molar-refractivity contribution < 1.29 is 4.79 Å². The molecule has 16 heavy (non-hydrogen) atoms. The van der Waals surface area contributed by atoms with E-state index in [-0.39, 0.29) is 11.8 Å². The molecule has 1 heterocycles. The molecule has 1 atom stereocenters. The van der Waals surface area contributed by atoms with Gasteiger partial charge in [0.1, 0.15) is 0 Å². The Morgan fingerprint density at radius 1 is 1.38 bits per heavy atom. The minimum absolute atomic E-state index is 0.174. The highest BCUT2D eigenvalue weighted by molar-refractivity contribution is 7.99. The highest BCUT2D eigenvalue weighted by atomic mass is 32.2. The summed E-state index contributed by atoms with van der Waals surface area (Å²) in [5.74, 6) is 2.46. The molecule has 1 aromatic rings. The number of carbonyl (C=O) groups is 1. The number of nitrogens with one attached hydrogen (secondary N) is 1. The van der Waals surface area contributed by atoms with Gasteiger partial charge in [-0.05, 0) is 49.3 Å². The predicted molar refractivity (Wildman–Crippen MR) is 70.0 cm³/mol. The standard InChI is InChI=1S/C13H17NOS/c1-9-3-4-12(7-10(9)2)14-13(15)11-5-6-16-8-11/h3-4,7,11H,5-6,8H2,1-2H3,(H,14,15). The number of hydrogen-bond acceptors (Lipinski definition) is 2. The van der Waals surface area contributed by atoms with Gasteiger partial charge in [0.05, 0.1) is 0 Å². The first-order valence-corrected chi connectivity index (χ1v) is 6.78. The van der Waals surface area contributed by atoms with Gasteiger partial charge in [-0.2, -0.15) is 11.8 Å². The van der Waals surface area contributed by atoms with Crippen molar-refractivity contribution >= 4 is 23.4 Å². The van der Waals surface area contributed by atoms with Crippen LogP contribution in [0.25, 0.3) is 0 Å². The Morgan fingerprint density at radius 2 is 2.19 bits per heavy atom. The van der Waals surface area contributed by atoms with Gasteiger partial charge in [0.2, 0.25) is 5.91 Å². The Morgan fingerprint density at radius 3 is 2.81 bits per heavy atom. The van der Waals surface area contributed by atoms with Crippen molar-refractivity contribution in [3.63, 3.8) is 0 Å². The van der Waals surface area contributed by atoms with Crippen molar-refractivity contribution in [3.8, 4) is 0 Å². The molecule has 1 amide bonds. The number of rotatable bonds is 2. The third-order valence-electron chi connectivity index (χ3n) is 3.07. The van der Waals surface area contributed by atoms with Crippen LogP contribution < -0.4 is 5.32 Å². The first kappa shape index (κ1) is 11.5. The van der Waals surface area contributed by atoms with Gasteiger partial charge in [-0.1, -0.05) is 6.07 Å². The molecule has 1 aliphatic heterocycles. The van der Waals surface area contributed by atoms with E-state index >= 15 is 0 Å². The van der Waals surface area contributed by atoms with Gasteiger partial charge in [-0.25, -0.2) is 0 Å². The first-order chi connectivity index (χ1) is 7.66. The largest absolute Gasteiger partial charge is 0.326 e. The normalized spacial score (nSPS) is 19.8. The summed E-state index contributed by atoms with van der Waals surface area (Å²) in [4.78, 5) is 11.9. The number of anilines is 1. The SMILES string of the molecule is Cc1ccc(NC(=O)C2CCSC2)cc1C. The van der Waals surface area contributed by atoms with Crippen molar-refractivity contribution in [2.45, 2.75) is 20.3 Å². The van der Waals surface area contributed by atoms with Crippen molar-refractivity contribution in [1.29, 1.82) is 0 Å². The van der Waals surface area contributed by atoms with Crippen LogP contribution in [0.1, 0.15) is 17.5 Å². The van der Waals surface area contributed by atoms with Gasteiger partial charge >= 0.3 is 0 Å². The van der Waals surface area contributed by atoms with Crippen LogP contribution in [0.4, 0.5) is 5.69 Å². The van der Waals surface area contributed by atoms with Gasteiger partial charge in [0.15, 0.2) is 0 Å². The Labute approximate surface area is 101 Å². The zero-order chi connectivity index (χ0) is 11.5. The van der Waals surface area contributed by atoms with Gasteiger partial charge < -0.3 is 5.32 Å². The Balaban J connectivity index is 2.02. The number of aryl methyl sites for hydroxylation is 2. The van der Waals surface area contributed by atoms with Crippen molar-refractivity contribution in [2.75, 3.05) is 16.8 Å². The minimum atomic E-state index is 0.174. The molecule has 0 saturated carbocycles. The van der Waals surface area contributed by atoms with Gasteiger partial charge in [-0.3, -0.25) is 4.79 Å². The lowest BCUT2D eigenvalue weighted by Gasteiger charge is -2.11. The topological polar surface area (TPSA) is 29.1 Å². The van der Waals surface area contributed by atoms with Gasteiger partial charge in [0, 0.05) is 17.4 Å². The molecule has 1 saturated heterocycles. The molecule has 3 heteroatoms. The molecule has 86 valence electrons. The van der Waals surface area contributed by atoms with E-state index in [0.717, 1.165) is 23.6 Å². The van der Waals surface area contributed by atoms with E-state index in [1.807, 2.05) is 30.0 Å². The summed E-state index contributed by atoms with van der Waals surface area (Å²) < 4.78 is 0. The molecule has 0 bridgehead atoms. The maximum atomic E-state index is 11.9. The van der Waals surface area contributed by atoms with Gasteiger partial charge in [0.25, 0.3) is 0 Å². The summed E-state index contributed by atoms with van der Waals surface area (Å²) in [5, 5.41) is 3.00. The van der Waals surface area contributed by atoms with Crippen LogP contribution in [0.15, 0.2) is 18.2 Å². The number of amides is 1. The maximum Gasteiger partial charge on any atom is 0.228 e. The summed E-state index contributed by atoms with van der Waals surface area (Å²) in [6.07, 6.45) is 1.02. The fraction of sp³-hybridized carbons (Fsp3) is 0.462. The number of benzene rings is 1. The van der Waals surface area contributed by atoms with E-state index in [4.69, 9.17) is 0 Å². The lowest BCUT2D eigenvalue weighted by Crippen LogP contribution is -2.22. The second-order valence-corrected chi connectivity index (χ2v) is 5.50. The number of hydrogen-bond donors (Lipinski definition) is 1. The van der Waals surface area contributed by atoms with Crippen molar-refractivity contribution in [1.82, 2.24) is 0 Å². The second kappa shape index (κ2) is 4.91. The molecule has 1 unspecified atom stereocenters. The molecular formula is C13H17NOS. The first-order valence-electron chi connectivity index (χ1n) is 5.62. The van der Waals surface area contributed by atoms with Crippen LogP contribution in [0.2, 0.25) is 0 Å². The van der Waals surface area contributed by atoms with Crippen LogP contribution in [-0.4, -0.2) is 17.4 Å². The van der Waals surface area contributed by atoms with E-state index < -0.39 is 0 Å². The average molecular weight is 235 g/mol. The minimum Gasteiger partial charge on any atom is -0.326 e. The third kappa shape index (κ3) is 2.59. The quantitative estimate of drug-likeness (QED) is 0.853. The van der Waals surface area contributed by atoms with E-state index in [9.17, 15) is 4.79 Å². The van der Waals surface area contributed by atoms with E-state index in [1.54, 1.807) is 0 Å². The van der Waals surface area contributed by atoms with Crippen LogP contribution in [0, 0.1) is 19.8 Å². The molecule has 2 rings (SSSR count). The predicted octanol–water partition coefficient (Wildman–Crippen LogP) is 3.00. The Bertz CT molecular complexity index is 397. The number of thioether (sulfide) groups is 1. The molecular weight excluding hydrogens is 218 g/mol. The number of carbonyl (C=O) groups excluding carboxylic acids is 1. The molecule has 1 fully saturated rings. The fourth-order valence-electron chi connectivity index (χ4n) is 1.80. The summed E-state index contributed by atoms with van der Waals surface area (Å²) in [7, 11) is 0. The van der Waals surface area contributed by atoms with Crippen LogP contribution in [-0.2, 0) is 4.79 Å². The molecule has 1 aromatic carbocycles. The fourth-order valence-corrected chi connectivity index (χ4v) is 3.03. The van der Waals surface area contributed by atoms with Crippen molar-refractivity contribution in [2.24, 2.45) is 5.92 Å². The molecule has 0 aromatic heterocycles.